The van der Waals surface area contributed by atoms with Gasteiger partial charge in [-0.25, -0.2) is 0 Å². The number of para-hydroxylation sites is 1. The minimum atomic E-state index is 1.05. The second kappa shape index (κ2) is 14.4. The van der Waals surface area contributed by atoms with Gasteiger partial charge >= 0.3 is 0 Å². The van der Waals surface area contributed by atoms with Crippen LogP contribution in [0.25, 0.3) is 65.8 Å². The third kappa shape index (κ3) is 5.99. The zero-order valence-corrected chi connectivity index (χ0v) is 32.3. The van der Waals surface area contributed by atoms with Crippen LogP contribution in [-0.4, -0.2) is 9.13 Å². The van der Waals surface area contributed by atoms with E-state index in [0.717, 1.165) is 21.8 Å². The second-order valence-corrected chi connectivity index (χ2v) is 15.8. The molecule has 4 heteroatoms. The van der Waals surface area contributed by atoms with Crippen molar-refractivity contribution in [2.75, 3.05) is 0 Å². The predicted octanol–water partition coefficient (Wildman–Crippen LogP) is 14.8. The summed E-state index contributed by atoms with van der Waals surface area (Å²) in [6.45, 7) is 4.61. The largest absolute Gasteiger partial charge is 0.309 e. The molecule has 0 bridgehead atoms. The molecule has 0 aliphatic heterocycles. The van der Waals surface area contributed by atoms with E-state index in [9.17, 15) is 0 Å². The van der Waals surface area contributed by atoms with Crippen LogP contribution in [0.5, 0.6) is 0 Å². The molecule has 8 aromatic rings. The summed E-state index contributed by atoms with van der Waals surface area (Å²) >= 11 is 7.60. The lowest BCUT2D eigenvalue weighted by Gasteiger charge is -2.21. The molecule has 0 saturated carbocycles. The van der Waals surface area contributed by atoms with Gasteiger partial charge in [-0.1, -0.05) is 133 Å². The first-order chi connectivity index (χ1) is 24.6. The summed E-state index contributed by atoms with van der Waals surface area (Å²) in [5.74, 6) is 0. The number of hydrogen-bond donors (Lipinski definition) is 0. The van der Waals surface area contributed by atoms with Gasteiger partial charge in [-0.2, -0.15) is 0 Å². The van der Waals surface area contributed by atoms with Crippen molar-refractivity contribution in [1.29, 1.82) is 0 Å². The molecule has 0 spiro atoms. The average Bonchev–Trinajstić information content (AvgIpc) is 3.64. The van der Waals surface area contributed by atoms with Crippen molar-refractivity contribution in [3.8, 4) is 11.4 Å². The number of benzene rings is 6. The lowest BCUT2D eigenvalue weighted by Crippen LogP contribution is -2.07. The smallest absolute Gasteiger partial charge is 0.0547 e. The molecule has 0 amide bonds. The molecule has 252 valence electrons. The molecule has 6 aromatic carbocycles. The topological polar surface area (TPSA) is 9.86 Å². The Kier molecular flexibility index (Phi) is 9.59. The highest BCUT2D eigenvalue weighted by Crippen LogP contribution is 2.41. The monoisotopic (exact) mass is 782 g/mol. The van der Waals surface area contributed by atoms with Crippen LogP contribution in [0, 0.1) is 0 Å². The first-order valence-electron chi connectivity index (χ1n) is 18.5. The van der Waals surface area contributed by atoms with Crippen molar-refractivity contribution in [3.05, 3.63) is 129 Å². The molecule has 0 atom stereocenters. The normalized spacial score (nSPS) is 12.0. The Hall–Kier alpha value is -3.86. The maximum atomic E-state index is 3.82. The van der Waals surface area contributed by atoms with Crippen molar-refractivity contribution in [3.63, 3.8) is 0 Å². The molecule has 2 heterocycles. The Morgan fingerprint density at radius 1 is 0.440 bits per heavy atom. The maximum absolute atomic E-state index is 3.82. The van der Waals surface area contributed by atoms with E-state index in [1.165, 1.54) is 128 Å². The zero-order valence-electron chi connectivity index (χ0n) is 29.1. The van der Waals surface area contributed by atoms with Gasteiger partial charge in [0, 0.05) is 41.9 Å². The van der Waals surface area contributed by atoms with Crippen LogP contribution in [0.1, 0.15) is 76.3 Å². The number of aryl methyl sites for hydroxylation is 2. The number of fused-ring (bicyclic) bond motifs is 8. The minimum Gasteiger partial charge on any atom is -0.309 e. The molecule has 0 unspecified atom stereocenters. The highest BCUT2D eigenvalue weighted by molar-refractivity contribution is 9.10. The van der Waals surface area contributed by atoms with Gasteiger partial charge in [0.15, 0.2) is 0 Å². The molecular weight excluding hydrogens is 740 g/mol. The van der Waals surface area contributed by atoms with E-state index in [1.807, 2.05) is 0 Å². The van der Waals surface area contributed by atoms with Gasteiger partial charge in [0.05, 0.1) is 22.1 Å². The summed E-state index contributed by atoms with van der Waals surface area (Å²) < 4.78 is 7.37. The van der Waals surface area contributed by atoms with E-state index in [2.05, 4.69) is 164 Å². The van der Waals surface area contributed by atoms with E-state index < -0.39 is 0 Å². The molecule has 0 N–H and O–H groups in total. The van der Waals surface area contributed by atoms with Gasteiger partial charge < -0.3 is 9.13 Å². The van der Waals surface area contributed by atoms with Crippen molar-refractivity contribution in [2.45, 2.75) is 78.1 Å². The van der Waals surface area contributed by atoms with Gasteiger partial charge in [-0.3, -0.25) is 0 Å². The molecule has 50 heavy (non-hydrogen) atoms. The fourth-order valence-electron chi connectivity index (χ4n) is 8.19. The Morgan fingerprint density at radius 3 is 1.62 bits per heavy atom. The highest BCUT2D eigenvalue weighted by Gasteiger charge is 2.22. The Labute approximate surface area is 312 Å². The third-order valence-corrected chi connectivity index (χ3v) is 11.6. The first kappa shape index (κ1) is 33.3. The first-order valence-corrected chi connectivity index (χ1v) is 20.1. The van der Waals surface area contributed by atoms with Gasteiger partial charge in [-0.15, -0.1) is 0 Å². The van der Waals surface area contributed by atoms with Crippen LogP contribution in [0.3, 0.4) is 0 Å². The van der Waals surface area contributed by atoms with Gasteiger partial charge in [0.25, 0.3) is 0 Å². The fourth-order valence-corrected chi connectivity index (χ4v) is 8.91. The highest BCUT2D eigenvalue weighted by atomic mass is 79.9. The van der Waals surface area contributed by atoms with E-state index in [1.54, 1.807) is 0 Å². The van der Waals surface area contributed by atoms with Crippen LogP contribution >= 0.6 is 31.9 Å². The van der Waals surface area contributed by atoms with Crippen molar-refractivity contribution in [2.24, 2.45) is 0 Å². The molecule has 0 aliphatic rings. The lowest BCUT2D eigenvalue weighted by molar-refractivity contribution is 0.661. The van der Waals surface area contributed by atoms with E-state index >= 15 is 0 Å². The molecule has 0 radical (unpaired) electrons. The molecular formula is C46H44Br2N2. The molecule has 0 fully saturated rings. The van der Waals surface area contributed by atoms with Crippen LogP contribution < -0.4 is 0 Å². The van der Waals surface area contributed by atoms with Crippen LogP contribution in [0.4, 0.5) is 0 Å². The number of halogens is 2. The maximum Gasteiger partial charge on any atom is 0.0547 e. The lowest BCUT2D eigenvalue weighted by atomic mass is 9.97. The summed E-state index contributed by atoms with van der Waals surface area (Å²) in [6, 6.07) is 41.2. The Balaban J connectivity index is 1.44. The number of rotatable bonds is 12. The van der Waals surface area contributed by atoms with Crippen molar-refractivity contribution in [1.82, 2.24) is 9.13 Å². The van der Waals surface area contributed by atoms with E-state index in [4.69, 9.17) is 0 Å². The zero-order chi connectivity index (χ0) is 34.2. The van der Waals surface area contributed by atoms with Crippen molar-refractivity contribution >= 4 is 86.2 Å². The summed E-state index contributed by atoms with van der Waals surface area (Å²) in [4.78, 5) is 0. The Bertz CT molecular complexity index is 2500. The van der Waals surface area contributed by atoms with Crippen LogP contribution in [0.2, 0.25) is 0 Å². The second-order valence-electron chi connectivity index (χ2n) is 13.9. The SMILES string of the molecule is CCCCCCc1cc(-n2c3ccc(Br)cc3c3c4ccccc4ccc32)c(CCCCCC)cc1-n1c2ccccc2c2cc(Br)ccc21. The Morgan fingerprint density at radius 2 is 0.960 bits per heavy atom. The van der Waals surface area contributed by atoms with Crippen LogP contribution in [-0.2, 0) is 12.8 Å². The summed E-state index contributed by atoms with van der Waals surface area (Å²) in [5, 5.41) is 7.81. The molecule has 0 saturated heterocycles. The summed E-state index contributed by atoms with van der Waals surface area (Å²) in [5.41, 5.74) is 10.6. The standard InChI is InChI=1S/C46H44Br2N2/c1-3-5-7-9-16-32-28-45(50-42-26-23-35(48)30-39(42)46-36-18-12-11-15-31(36)21-24-43(46)50)33(17-10-8-6-4-2)27-44(32)49-40-20-14-13-19-37(40)38-29-34(47)22-25-41(38)49/h11-15,18-30H,3-10,16-17H2,1-2H3. The van der Waals surface area contributed by atoms with Gasteiger partial charge in [0.2, 0.25) is 0 Å². The number of unbranched alkanes of at least 4 members (excludes halogenated alkanes) is 6. The van der Waals surface area contributed by atoms with E-state index in [-0.39, 0.29) is 0 Å². The van der Waals surface area contributed by atoms with Gasteiger partial charge in [-0.05, 0) is 108 Å². The van der Waals surface area contributed by atoms with E-state index in [0.29, 0.717) is 0 Å². The number of aromatic nitrogens is 2. The van der Waals surface area contributed by atoms with Crippen molar-refractivity contribution < 1.29 is 0 Å². The molecule has 2 nitrogen and oxygen atoms in total. The van der Waals surface area contributed by atoms with Gasteiger partial charge in [0.1, 0.15) is 0 Å². The molecule has 0 aliphatic carbocycles. The molecule has 8 rings (SSSR count). The number of hydrogen-bond acceptors (Lipinski definition) is 0. The average molecular weight is 785 g/mol. The predicted molar refractivity (Wildman–Crippen MR) is 224 cm³/mol. The minimum absolute atomic E-state index is 1.05. The fraction of sp³-hybridized carbons (Fsp3) is 0.261. The quantitative estimate of drug-likeness (QED) is 0.109. The summed E-state index contributed by atoms with van der Waals surface area (Å²) in [7, 11) is 0. The van der Waals surface area contributed by atoms with Crippen LogP contribution in [0.15, 0.2) is 118 Å². The summed E-state index contributed by atoms with van der Waals surface area (Å²) in [6.07, 6.45) is 12.0. The molecule has 2 aromatic heterocycles. The number of nitrogens with zero attached hydrogens (tertiary/aromatic N) is 2. The third-order valence-electron chi connectivity index (χ3n) is 10.6.